The Labute approximate surface area is 142 Å². The van der Waals surface area contributed by atoms with Gasteiger partial charge >= 0.3 is 0 Å². The average Bonchev–Trinajstić information content (AvgIpc) is 3.23. The van der Waals surface area contributed by atoms with E-state index in [1.807, 2.05) is 18.2 Å². The molecule has 24 heavy (non-hydrogen) atoms. The van der Waals surface area contributed by atoms with Crippen LogP contribution >= 0.6 is 11.6 Å². The van der Waals surface area contributed by atoms with Crippen molar-refractivity contribution in [1.29, 1.82) is 0 Å². The Hall–Kier alpha value is -2.67. The smallest absolute Gasteiger partial charge is 0.249 e. The van der Waals surface area contributed by atoms with Gasteiger partial charge in [0.15, 0.2) is 5.82 Å². The van der Waals surface area contributed by atoms with Gasteiger partial charge in [-0.05, 0) is 37.0 Å². The number of fused-ring (bicyclic) bond motifs is 1. The molecule has 0 bridgehead atoms. The van der Waals surface area contributed by atoms with Gasteiger partial charge in [-0.2, -0.15) is 10.1 Å². The number of H-pyrrole nitrogens is 2. The minimum absolute atomic E-state index is 0.0773. The van der Waals surface area contributed by atoms with Crippen LogP contribution in [0.15, 0.2) is 30.5 Å². The Morgan fingerprint density at radius 2 is 2.17 bits per heavy atom. The summed E-state index contributed by atoms with van der Waals surface area (Å²) in [5.41, 5.74) is 2.97. The van der Waals surface area contributed by atoms with E-state index in [0.29, 0.717) is 17.3 Å². The molecule has 0 aliphatic heterocycles. The third-order valence-electron chi connectivity index (χ3n) is 4.24. The van der Waals surface area contributed by atoms with Gasteiger partial charge in [-0.15, -0.1) is 5.10 Å². The lowest BCUT2D eigenvalue weighted by molar-refractivity contribution is -0.120. The molecule has 1 aliphatic carbocycles. The van der Waals surface area contributed by atoms with Crippen LogP contribution in [-0.4, -0.2) is 31.3 Å². The molecule has 1 aromatic carbocycles. The van der Waals surface area contributed by atoms with E-state index in [-0.39, 0.29) is 17.8 Å². The van der Waals surface area contributed by atoms with Crippen molar-refractivity contribution < 1.29 is 4.79 Å². The molecule has 4 rings (SSSR count). The zero-order chi connectivity index (χ0) is 16.5. The third kappa shape index (κ3) is 2.78. The molecular formula is C16H15ClN6O. The molecule has 7 nitrogen and oxygen atoms in total. The van der Waals surface area contributed by atoms with Crippen molar-refractivity contribution in [3.63, 3.8) is 0 Å². The number of carbonyl (C=O) groups is 1. The van der Waals surface area contributed by atoms with Crippen LogP contribution in [0.25, 0.3) is 11.4 Å². The van der Waals surface area contributed by atoms with Crippen LogP contribution in [-0.2, 0) is 17.6 Å². The molecule has 3 aromatic rings. The first-order chi connectivity index (χ1) is 11.7. The largest absolute Gasteiger partial charge is 0.293 e. The highest BCUT2D eigenvalue weighted by atomic mass is 35.5. The molecule has 2 heterocycles. The molecule has 3 N–H and O–H groups in total. The molecule has 0 spiro atoms. The molecule has 1 unspecified atom stereocenters. The quantitative estimate of drug-likeness (QED) is 0.681. The number of hydrogen-bond acceptors (Lipinski definition) is 4. The summed E-state index contributed by atoms with van der Waals surface area (Å²) in [4.78, 5) is 16.8. The van der Waals surface area contributed by atoms with Crippen LogP contribution in [0.4, 0.5) is 5.95 Å². The number of carbonyl (C=O) groups excluding carboxylic acids is 1. The summed E-state index contributed by atoms with van der Waals surface area (Å²) < 4.78 is 0. The van der Waals surface area contributed by atoms with E-state index in [9.17, 15) is 4.79 Å². The summed E-state index contributed by atoms with van der Waals surface area (Å²) in [7, 11) is 0. The Morgan fingerprint density at radius 3 is 3.04 bits per heavy atom. The molecule has 122 valence electrons. The Morgan fingerprint density at radius 1 is 1.29 bits per heavy atom. The zero-order valence-electron chi connectivity index (χ0n) is 12.7. The lowest BCUT2D eigenvalue weighted by Crippen LogP contribution is -2.28. The minimum Gasteiger partial charge on any atom is -0.293 e. The first kappa shape index (κ1) is 14.9. The van der Waals surface area contributed by atoms with Crippen LogP contribution < -0.4 is 5.32 Å². The van der Waals surface area contributed by atoms with Gasteiger partial charge in [-0.25, -0.2) is 0 Å². The monoisotopic (exact) mass is 342 g/mol. The van der Waals surface area contributed by atoms with Crippen LogP contribution in [0.5, 0.6) is 0 Å². The van der Waals surface area contributed by atoms with E-state index >= 15 is 0 Å². The summed E-state index contributed by atoms with van der Waals surface area (Å²) in [5.74, 6) is 0.605. The van der Waals surface area contributed by atoms with Crippen molar-refractivity contribution in [2.75, 3.05) is 5.32 Å². The van der Waals surface area contributed by atoms with E-state index in [1.54, 1.807) is 12.3 Å². The fourth-order valence-corrected chi connectivity index (χ4v) is 3.17. The predicted octanol–water partition coefficient (Wildman–Crippen LogP) is 2.59. The Balaban J connectivity index is 1.47. The van der Waals surface area contributed by atoms with E-state index in [4.69, 9.17) is 11.6 Å². The fourth-order valence-electron chi connectivity index (χ4n) is 2.94. The van der Waals surface area contributed by atoms with Gasteiger partial charge in [0.05, 0.1) is 11.2 Å². The summed E-state index contributed by atoms with van der Waals surface area (Å²) in [6, 6.07) is 7.34. The van der Waals surface area contributed by atoms with Crippen molar-refractivity contribution in [3.8, 4) is 11.4 Å². The van der Waals surface area contributed by atoms with Gasteiger partial charge in [-0.3, -0.25) is 20.3 Å². The zero-order valence-corrected chi connectivity index (χ0v) is 13.5. The number of aryl methyl sites for hydroxylation is 1. The number of nitrogens with one attached hydrogen (secondary N) is 3. The molecule has 8 heteroatoms. The van der Waals surface area contributed by atoms with Gasteiger partial charge < -0.3 is 0 Å². The first-order valence-corrected chi connectivity index (χ1v) is 8.08. The number of aromatic nitrogens is 5. The molecule has 0 radical (unpaired) electrons. The van der Waals surface area contributed by atoms with E-state index in [2.05, 4.69) is 30.7 Å². The summed E-state index contributed by atoms with van der Waals surface area (Å²) in [6.07, 6.45) is 4.08. The molecule has 0 fully saturated rings. The molecule has 2 aromatic heterocycles. The number of aromatic amines is 2. The first-order valence-electron chi connectivity index (χ1n) is 7.70. The second kappa shape index (κ2) is 6.09. The van der Waals surface area contributed by atoms with Crippen LogP contribution in [0, 0.1) is 5.92 Å². The van der Waals surface area contributed by atoms with E-state index < -0.39 is 0 Å². The van der Waals surface area contributed by atoms with Gasteiger partial charge in [0.2, 0.25) is 11.9 Å². The highest BCUT2D eigenvalue weighted by Gasteiger charge is 2.26. The maximum Gasteiger partial charge on any atom is 0.249 e. The third-order valence-corrected chi connectivity index (χ3v) is 4.57. The SMILES string of the molecule is O=C(Nc1n[nH]c(-c2ccccc2Cl)n1)C1CCc2[nH]ncc2C1. The standard InChI is InChI=1S/C16H15ClN6O/c17-12-4-2-1-3-11(12)14-19-16(23-22-14)20-15(24)9-5-6-13-10(7-9)8-18-21-13/h1-4,8-9H,5-7H2,(H,18,21)(H2,19,20,22,23,24). The van der Waals surface area contributed by atoms with Crippen LogP contribution in [0.2, 0.25) is 5.02 Å². The topological polar surface area (TPSA) is 99.4 Å². The highest BCUT2D eigenvalue weighted by molar-refractivity contribution is 6.33. The lowest BCUT2D eigenvalue weighted by atomic mass is 9.87. The molecule has 0 saturated carbocycles. The van der Waals surface area contributed by atoms with Crippen molar-refractivity contribution in [2.45, 2.75) is 19.3 Å². The minimum atomic E-state index is -0.0997. The Kier molecular flexibility index (Phi) is 3.78. The normalized spacial score (nSPS) is 16.6. The number of halogens is 1. The van der Waals surface area contributed by atoms with Gasteiger partial charge in [-0.1, -0.05) is 23.7 Å². The number of amides is 1. The van der Waals surface area contributed by atoms with E-state index in [0.717, 1.165) is 29.7 Å². The number of benzene rings is 1. The lowest BCUT2D eigenvalue weighted by Gasteiger charge is -2.19. The molecule has 0 saturated heterocycles. The molecular weight excluding hydrogens is 328 g/mol. The molecule has 1 amide bonds. The summed E-state index contributed by atoms with van der Waals surface area (Å²) >= 11 is 6.15. The summed E-state index contributed by atoms with van der Waals surface area (Å²) in [6.45, 7) is 0. The second-order valence-corrected chi connectivity index (χ2v) is 6.20. The maximum atomic E-state index is 12.5. The number of nitrogens with zero attached hydrogens (tertiary/aromatic N) is 3. The fraction of sp³-hybridized carbons (Fsp3) is 0.250. The van der Waals surface area contributed by atoms with Crippen LogP contribution in [0.1, 0.15) is 17.7 Å². The van der Waals surface area contributed by atoms with Gasteiger partial charge in [0.25, 0.3) is 0 Å². The number of anilines is 1. The molecule has 1 atom stereocenters. The van der Waals surface area contributed by atoms with Gasteiger partial charge in [0, 0.05) is 17.2 Å². The van der Waals surface area contributed by atoms with Crippen molar-refractivity contribution >= 4 is 23.5 Å². The highest BCUT2D eigenvalue weighted by Crippen LogP contribution is 2.26. The molecule has 1 aliphatic rings. The number of rotatable bonds is 3. The second-order valence-electron chi connectivity index (χ2n) is 5.79. The van der Waals surface area contributed by atoms with E-state index in [1.165, 1.54) is 0 Å². The maximum absolute atomic E-state index is 12.5. The summed E-state index contributed by atoms with van der Waals surface area (Å²) in [5, 5.41) is 17.2. The van der Waals surface area contributed by atoms with Crippen LogP contribution in [0.3, 0.4) is 0 Å². The predicted molar refractivity (Wildman–Crippen MR) is 89.6 cm³/mol. The number of hydrogen-bond donors (Lipinski definition) is 3. The Bertz CT molecular complexity index is 886. The van der Waals surface area contributed by atoms with Crippen molar-refractivity contribution in [3.05, 3.63) is 46.7 Å². The average molecular weight is 343 g/mol. The van der Waals surface area contributed by atoms with Crippen molar-refractivity contribution in [1.82, 2.24) is 25.4 Å². The van der Waals surface area contributed by atoms with Crippen molar-refractivity contribution in [2.24, 2.45) is 5.92 Å². The van der Waals surface area contributed by atoms with Gasteiger partial charge in [0.1, 0.15) is 0 Å².